The second-order valence-electron chi connectivity index (χ2n) is 5.01. The van der Waals surface area contributed by atoms with E-state index < -0.39 is 12.3 Å². The molecule has 0 unspecified atom stereocenters. The average Bonchev–Trinajstić information content (AvgIpc) is 2.87. The van der Waals surface area contributed by atoms with Crippen LogP contribution in [-0.4, -0.2) is 41.8 Å². The van der Waals surface area contributed by atoms with Crippen molar-refractivity contribution in [3.63, 3.8) is 0 Å². The molecular weight excluding hydrogens is 312 g/mol. The Kier molecular flexibility index (Phi) is 3.44. The number of benzene rings is 1. The van der Waals surface area contributed by atoms with Gasteiger partial charge in [0.05, 0.1) is 6.61 Å². The molecule has 0 amide bonds. The van der Waals surface area contributed by atoms with E-state index in [1.54, 1.807) is 0 Å². The molecule has 5 nitrogen and oxygen atoms in total. The van der Waals surface area contributed by atoms with Gasteiger partial charge in [0, 0.05) is 5.56 Å². The third kappa shape index (κ3) is 2.19. The number of thiocarbonyl (C=S) groups is 1. The molecule has 21 heavy (non-hydrogen) atoms. The first kappa shape index (κ1) is 13.9. The standard InChI is InChI=1S/C14H14O5S2/c1-21-13(20)17-10-9-7-15-14(8-5-3-2-4-6-8)18-11(10)12(16-9)19-14/h2-6,9-12H,7H2,1H3/t9-,10-,11+,12+,14+/m0/s1. The Hall–Kier alpha value is -0.700. The van der Waals surface area contributed by atoms with Crippen molar-refractivity contribution >= 4 is 28.4 Å². The Morgan fingerprint density at radius 3 is 2.90 bits per heavy atom. The van der Waals surface area contributed by atoms with Crippen LogP contribution < -0.4 is 0 Å². The smallest absolute Gasteiger partial charge is 0.315 e. The molecule has 5 rings (SSSR count). The van der Waals surface area contributed by atoms with Crippen LogP contribution in [0.4, 0.5) is 0 Å². The van der Waals surface area contributed by atoms with Crippen LogP contribution in [0.5, 0.6) is 0 Å². The maximum atomic E-state index is 6.04. The van der Waals surface area contributed by atoms with Gasteiger partial charge in [0.1, 0.15) is 6.10 Å². The third-order valence-electron chi connectivity index (χ3n) is 3.79. The molecule has 0 spiro atoms. The van der Waals surface area contributed by atoms with E-state index in [2.05, 4.69) is 0 Å². The molecule has 4 heterocycles. The van der Waals surface area contributed by atoms with Crippen LogP contribution in [0.15, 0.2) is 30.3 Å². The van der Waals surface area contributed by atoms with Gasteiger partial charge in [-0.3, -0.25) is 4.74 Å². The highest BCUT2D eigenvalue weighted by Crippen LogP contribution is 2.48. The lowest BCUT2D eigenvalue weighted by molar-refractivity contribution is -0.349. The van der Waals surface area contributed by atoms with Gasteiger partial charge in [-0.25, -0.2) is 0 Å². The first-order chi connectivity index (χ1) is 10.2. The molecule has 4 bridgehead atoms. The molecule has 112 valence electrons. The zero-order valence-corrected chi connectivity index (χ0v) is 12.9. The minimum Gasteiger partial charge on any atom is -0.469 e. The van der Waals surface area contributed by atoms with Crippen molar-refractivity contribution in [2.24, 2.45) is 0 Å². The van der Waals surface area contributed by atoms with Crippen LogP contribution >= 0.6 is 24.0 Å². The first-order valence-electron chi connectivity index (χ1n) is 6.67. The predicted octanol–water partition coefficient (Wildman–Crippen LogP) is 2.00. The number of fused-ring (bicyclic) bond motifs is 1. The molecule has 4 fully saturated rings. The van der Waals surface area contributed by atoms with Crippen LogP contribution in [0, 0.1) is 0 Å². The first-order valence-corrected chi connectivity index (χ1v) is 8.30. The zero-order chi connectivity index (χ0) is 14.4. The lowest BCUT2D eigenvalue weighted by Gasteiger charge is -2.25. The molecule has 0 N–H and O–H groups in total. The predicted molar refractivity (Wildman–Crippen MR) is 79.7 cm³/mol. The normalized spacial score (nSPS) is 40.2. The topological polar surface area (TPSA) is 46.2 Å². The summed E-state index contributed by atoms with van der Waals surface area (Å²) in [6.07, 6.45) is 0.498. The Bertz CT molecular complexity index is 554. The van der Waals surface area contributed by atoms with Gasteiger partial charge in [0.15, 0.2) is 18.5 Å². The molecule has 1 aromatic rings. The van der Waals surface area contributed by atoms with Crippen molar-refractivity contribution in [3.8, 4) is 0 Å². The number of hydrogen-bond acceptors (Lipinski definition) is 7. The van der Waals surface area contributed by atoms with Crippen molar-refractivity contribution in [1.82, 2.24) is 0 Å². The summed E-state index contributed by atoms with van der Waals surface area (Å²) in [4.78, 5) is 0. The maximum absolute atomic E-state index is 6.04. The SMILES string of the molecule is CSC(=S)O[C@@H]1[C@H]2O[C@@]3(c4ccccc4)OC[C@@H]1O[C@@H]2O3. The molecule has 7 heteroatoms. The number of hydrogen-bond donors (Lipinski definition) is 0. The fourth-order valence-corrected chi connectivity index (χ4v) is 3.15. The van der Waals surface area contributed by atoms with Gasteiger partial charge in [0.25, 0.3) is 0 Å². The van der Waals surface area contributed by atoms with Gasteiger partial charge in [-0.05, 0) is 18.5 Å². The molecule has 0 aliphatic carbocycles. The highest BCUT2D eigenvalue weighted by molar-refractivity contribution is 8.22. The Morgan fingerprint density at radius 1 is 1.33 bits per heavy atom. The van der Waals surface area contributed by atoms with Crippen LogP contribution in [0.3, 0.4) is 0 Å². The quantitative estimate of drug-likeness (QED) is 0.770. The van der Waals surface area contributed by atoms with E-state index in [0.29, 0.717) is 11.0 Å². The van der Waals surface area contributed by atoms with Crippen LogP contribution in [0.25, 0.3) is 0 Å². The van der Waals surface area contributed by atoms with Gasteiger partial charge in [-0.2, -0.15) is 0 Å². The van der Waals surface area contributed by atoms with Gasteiger partial charge in [0.2, 0.25) is 4.38 Å². The fourth-order valence-electron chi connectivity index (χ4n) is 2.83. The van der Waals surface area contributed by atoms with Crippen molar-refractivity contribution in [1.29, 1.82) is 0 Å². The van der Waals surface area contributed by atoms with Gasteiger partial charge in [-0.15, -0.1) is 0 Å². The van der Waals surface area contributed by atoms with Crippen molar-refractivity contribution in [2.75, 3.05) is 12.9 Å². The summed E-state index contributed by atoms with van der Waals surface area (Å²) in [5, 5.41) is 0. The minimum absolute atomic E-state index is 0.238. The second-order valence-corrected chi connectivity index (χ2v) is 6.42. The number of thioether (sulfide) groups is 1. The molecule has 0 radical (unpaired) electrons. The summed E-state index contributed by atoms with van der Waals surface area (Å²) in [6, 6.07) is 9.59. The van der Waals surface area contributed by atoms with Gasteiger partial charge in [-0.1, -0.05) is 42.1 Å². The molecule has 5 atom stereocenters. The summed E-state index contributed by atoms with van der Waals surface area (Å²) in [6.45, 7) is 0.337. The largest absolute Gasteiger partial charge is 0.469 e. The van der Waals surface area contributed by atoms with Crippen LogP contribution in [0.1, 0.15) is 5.56 Å². The molecule has 0 saturated carbocycles. The lowest BCUT2D eigenvalue weighted by Crippen LogP contribution is -2.36. The van der Waals surface area contributed by atoms with E-state index >= 15 is 0 Å². The van der Waals surface area contributed by atoms with E-state index in [4.69, 9.17) is 35.9 Å². The molecule has 4 aliphatic rings. The Morgan fingerprint density at radius 2 is 2.14 bits per heavy atom. The van der Waals surface area contributed by atoms with E-state index in [-0.39, 0.29) is 18.3 Å². The zero-order valence-electron chi connectivity index (χ0n) is 11.3. The van der Waals surface area contributed by atoms with E-state index in [1.165, 1.54) is 11.8 Å². The van der Waals surface area contributed by atoms with E-state index in [0.717, 1.165) is 5.56 Å². The van der Waals surface area contributed by atoms with Crippen molar-refractivity contribution in [3.05, 3.63) is 35.9 Å². The molecule has 4 aliphatic heterocycles. The molecule has 0 aromatic heterocycles. The summed E-state index contributed by atoms with van der Waals surface area (Å²) in [7, 11) is 0. The monoisotopic (exact) mass is 326 g/mol. The highest BCUT2D eigenvalue weighted by atomic mass is 32.2. The second kappa shape index (κ2) is 5.19. The van der Waals surface area contributed by atoms with Crippen molar-refractivity contribution < 1.29 is 23.7 Å². The lowest BCUT2D eigenvalue weighted by atomic mass is 10.1. The molecule has 1 aromatic carbocycles. The van der Waals surface area contributed by atoms with Crippen LogP contribution in [-0.2, 0) is 29.7 Å². The van der Waals surface area contributed by atoms with Gasteiger partial charge >= 0.3 is 5.97 Å². The van der Waals surface area contributed by atoms with Crippen LogP contribution in [0.2, 0.25) is 0 Å². The summed E-state index contributed by atoms with van der Waals surface area (Å²) >= 11 is 6.52. The highest BCUT2D eigenvalue weighted by Gasteiger charge is 2.64. The Labute approximate surface area is 131 Å². The summed E-state index contributed by atoms with van der Waals surface area (Å²) < 4.78 is 29.9. The third-order valence-corrected chi connectivity index (χ3v) is 4.82. The summed E-state index contributed by atoms with van der Waals surface area (Å²) in [5.74, 6) is -1.20. The van der Waals surface area contributed by atoms with E-state index in [1.807, 2.05) is 36.6 Å². The van der Waals surface area contributed by atoms with Gasteiger partial charge < -0.3 is 18.9 Å². The number of ether oxygens (including phenoxy) is 5. The fraction of sp³-hybridized carbons (Fsp3) is 0.500. The summed E-state index contributed by atoms with van der Waals surface area (Å²) in [5.41, 5.74) is 0.815. The number of rotatable bonds is 2. The minimum atomic E-state index is -1.20. The molecule has 4 saturated heterocycles. The maximum Gasteiger partial charge on any atom is 0.315 e. The average molecular weight is 326 g/mol. The molecular formula is C14H14O5S2. The Balaban J connectivity index is 1.63. The van der Waals surface area contributed by atoms with Crippen molar-refractivity contribution in [2.45, 2.75) is 30.6 Å². The van der Waals surface area contributed by atoms with E-state index in [9.17, 15) is 0 Å².